The van der Waals surface area contributed by atoms with Crippen molar-refractivity contribution in [2.45, 2.75) is 32.7 Å². The zero-order chi connectivity index (χ0) is 11.8. The van der Waals surface area contributed by atoms with E-state index < -0.39 is 0 Å². The van der Waals surface area contributed by atoms with Crippen LogP contribution in [0.5, 0.6) is 5.75 Å². The van der Waals surface area contributed by atoms with Gasteiger partial charge in [0.1, 0.15) is 5.75 Å². The van der Waals surface area contributed by atoms with Crippen LogP contribution in [-0.4, -0.2) is 19.2 Å². The molecule has 0 fully saturated rings. The molecule has 1 aromatic carbocycles. The van der Waals surface area contributed by atoms with Crippen molar-refractivity contribution in [3.8, 4) is 5.75 Å². The molecule has 1 rings (SSSR count). The first-order chi connectivity index (χ1) is 7.76. The van der Waals surface area contributed by atoms with Crippen molar-refractivity contribution < 1.29 is 4.74 Å². The third-order valence-electron chi connectivity index (χ3n) is 2.42. The van der Waals surface area contributed by atoms with Gasteiger partial charge in [-0.3, -0.25) is 0 Å². The molecular weight excluding hydrogens is 200 g/mol. The first-order valence-corrected chi connectivity index (χ1v) is 5.98. The Labute approximate surface area is 98.0 Å². The molecule has 0 amide bonds. The largest absolute Gasteiger partial charge is 0.494 e. The number of benzene rings is 1. The highest BCUT2D eigenvalue weighted by Gasteiger charge is 1.99. The second-order valence-corrected chi connectivity index (χ2v) is 3.92. The molecule has 1 aromatic rings. The molecule has 0 aliphatic rings. The average Bonchev–Trinajstić information content (AvgIpc) is 2.34. The summed E-state index contributed by atoms with van der Waals surface area (Å²) in [6.07, 6.45) is 2.02. The normalized spacial score (nSPS) is 12.2. The van der Waals surface area contributed by atoms with E-state index in [1.54, 1.807) is 0 Å². The lowest BCUT2D eigenvalue weighted by Crippen LogP contribution is -2.27. The molecule has 16 heavy (non-hydrogen) atoms. The first kappa shape index (κ1) is 12.8. The lowest BCUT2D eigenvalue weighted by molar-refractivity contribution is 0.317. The minimum absolute atomic E-state index is 0.219. The van der Waals surface area contributed by atoms with Gasteiger partial charge in [0.05, 0.1) is 6.61 Å². The monoisotopic (exact) mass is 222 g/mol. The maximum Gasteiger partial charge on any atom is 0.119 e. The highest BCUT2D eigenvalue weighted by molar-refractivity contribution is 5.46. The van der Waals surface area contributed by atoms with Crippen LogP contribution < -0.4 is 15.8 Å². The van der Waals surface area contributed by atoms with E-state index in [9.17, 15) is 0 Å². The minimum atomic E-state index is 0.219. The minimum Gasteiger partial charge on any atom is -0.494 e. The van der Waals surface area contributed by atoms with Gasteiger partial charge in [0.25, 0.3) is 0 Å². The van der Waals surface area contributed by atoms with E-state index in [2.05, 4.69) is 19.2 Å². The quantitative estimate of drug-likeness (QED) is 0.745. The molecule has 0 saturated heterocycles. The zero-order valence-corrected chi connectivity index (χ0v) is 10.2. The number of anilines is 1. The molecule has 1 atom stereocenters. The Hall–Kier alpha value is -1.22. The fraction of sp³-hybridized carbons (Fsp3) is 0.538. The molecule has 3 nitrogen and oxygen atoms in total. The molecule has 0 aliphatic carbocycles. The predicted molar refractivity (Wildman–Crippen MR) is 69.0 cm³/mol. The van der Waals surface area contributed by atoms with Gasteiger partial charge in [-0.05, 0) is 37.1 Å². The predicted octanol–water partition coefficient (Wildman–Crippen LogP) is 2.62. The molecular formula is C13H22N2O. The Balaban J connectivity index is 2.38. The maximum absolute atomic E-state index is 5.83. The van der Waals surface area contributed by atoms with E-state index in [4.69, 9.17) is 10.5 Å². The first-order valence-electron chi connectivity index (χ1n) is 5.98. The van der Waals surface area contributed by atoms with Crippen molar-refractivity contribution in [3.05, 3.63) is 24.3 Å². The number of nitrogens with two attached hydrogens (primary N) is 1. The maximum atomic E-state index is 5.83. The molecule has 0 saturated carbocycles. The second-order valence-electron chi connectivity index (χ2n) is 3.92. The van der Waals surface area contributed by atoms with Crippen LogP contribution in [0, 0.1) is 0 Å². The van der Waals surface area contributed by atoms with Gasteiger partial charge in [0.15, 0.2) is 0 Å². The molecule has 90 valence electrons. The average molecular weight is 222 g/mol. The van der Waals surface area contributed by atoms with Crippen molar-refractivity contribution in [1.82, 2.24) is 0 Å². The Morgan fingerprint density at radius 3 is 2.50 bits per heavy atom. The lowest BCUT2D eigenvalue weighted by atomic mass is 10.2. The van der Waals surface area contributed by atoms with E-state index in [0.717, 1.165) is 37.4 Å². The number of hydrogen-bond donors (Lipinski definition) is 2. The summed E-state index contributed by atoms with van der Waals surface area (Å²) in [5.74, 6) is 0.923. The molecule has 0 aromatic heterocycles. The smallest absolute Gasteiger partial charge is 0.119 e. The summed E-state index contributed by atoms with van der Waals surface area (Å²) in [4.78, 5) is 0. The van der Waals surface area contributed by atoms with E-state index in [-0.39, 0.29) is 6.04 Å². The lowest BCUT2D eigenvalue weighted by Gasteiger charge is -2.12. The van der Waals surface area contributed by atoms with Crippen molar-refractivity contribution in [2.75, 3.05) is 18.5 Å². The van der Waals surface area contributed by atoms with Crippen LogP contribution in [0.3, 0.4) is 0 Å². The van der Waals surface area contributed by atoms with Gasteiger partial charge in [-0.25, -0.2) is 0 Å². The summed E-state index contributed by atoms with van der Waals surface area (Å²) in [6, 6.07) is 8.22. The molecule has 0 bridgehead atoms. The van der Waals surface area contributed by atoms with Crippen LogP contribution >= 0.6 is 0 Å². The number of hydrogen-bond acceptors (Lipinski definition) is 3. The summed E-state index contributed by atoms with van der Waals surface area (Å²) in [6.45, 7) is 5.77. The fourth-order valence-electron chi connectivity index (χ4n) is 1.28. The molecule has 0 spiro atoms. The SMILES string of the molecule is CCCOc1ccc(NCC(N)CC)cc1. The Bertz CT molecular complexity index is 284. The third kappa shape index (κ3) is 4.53. The van der Waals surface area contributed by atoms with Crippen LogP contribution in [-0.2, 0) is 0 Å². The van der Waals surface area contributed by atoms with Gasteiger partial charge < -0.3 is 15.8 Å². The summed E-state index contributed by atoms with van der Waals surface area (Å²) >= 11 is 0. The topological polar surface area (TPSA) is 47.3 Å². The van der Waals surface area contributed by atoms with E-state index in [1.807, 2.05) is 24.3 Å². The van der Waals surface area contributed by atoms with Gasteiger partial charge in [0.2, 0.25) is 0 Å². The fourth-order valence-corrected chi connectivity index (χ4v) is 1.28. The Morgan fingerprint density at radius 2 is 1.94 bits per heavy atom. The van der Waals surface area contributed by atoms with E-state index in [0.29, 0.717) is 0 Å². The number of nitrogens with one attached hydrogen (secondary N) is 1. The van der Waals surface area contributed by atoms with Crippen LogP contribution in [0.4, 0.5) is 5.69 Å². The van der Waals surface area contributed by atoms with Crippen molar-refractivity contribution >= 4 is 5.69 Å². The second kappa shape index (κ2) is 7.12. The third-order valence-corrected chi connectivity index (χ3v) is 2.42. The molecule has 3 N–H and O–H groups in total. The van der Waals surface area contributed by atoms with E-state index in [1.165, 1.54) is 0 Å². The summed E-state index contributed by atoms with van der Waals surface area (Å²) in [7, 11) is 0. The highest BCUT2D eigenvalue weighted by atomic mass is 16.5. The van der Waals surface area contributed by atoms with Crippen molar-refractivity contribution in [2.24, 2.45) is 5.73 Å². The van der Waals surface area contributed by atoms with Crippen LogP contribution in [0.2, 0.25) is 0 Å². The molecule has 0 aliphatic heterocycles. The molecule has 3 heteroatoms. The number of ether oxygens (including phenoxy) is 1. The summed E-state index contributed by atoms with van der Waals surface area (Å²) in [5.41, 5.74) is 6.92. The summed E-state index contributed by atoms with van der Waals surface area (Å²) in [5, 5.41) is 3.30. The van der Waals surface area contributed by atoms with Gasteiger partial charge >= 0.3 is 0 Å². The van der Waals surface area contributed by atoms with Crippen LogP contribution in [0.1, 0.15) is 26.7 Å². The van der Waals surface area contributed by atoms with E-state index >= 15 is 0 Å². The molecule has 0 radical (unpaired) electrons. The molecule has 0 heterocycles. The van der Waals surface area contributed by atoms with Gasteiger partial charge in [0, 0.05) is 18.3 Å². The van der Waals surface area contributed by atoms with Gasteiger partial charge in [-0.2, -0.15) is 0 Å². The van der Waals surface area contributed by atoms with Crippen molar-refractivity contribution in [1.29, 1.82) is 0 Å². The standard InChI is InChI=1S/C13H22N2O/c1-3-9-16-13-7-5-12(6-8-13)15-10-11(14)4-2/h5-8,11,15H,3-4,9-10,14H2,1-2H3. The van der Waals surface area contributed by atoms with Crippen LogP contribution in [0.25, 0.3) is 0 Å². The zero-order valence-electron chi connectivity index (χ0n) is 10.2. The Morgan fingerprint density at radius 1 is 1.25 bits per heavy atom. The van der Waals surface area contributed by atoms with Crippen LogP contribution in [0.15, 0.2) is 24.3 Å². The Kier molecular flexibility index (Phi) is 5.72. The van der Waals surface area contributed by atoms with Gasteiger partial charge in [-0.15, -0.1) is 0 Å². The molecule has 1 unspecified atom stereocenters. The number of rotatable bonds is 7. The van der Waals surface area contributed by atoms with Crippen molar-refractivity contribution in [3.63, 3.8) is 0 Å². The highest BCUT2D eigenvalue weighted by Crippen LogP contribution is 2.15. The van der Waals surface area contributed by atoms with Gasteiger partial charge in [-0.1, -0.05) is 13.8 Å². The summed E-state index contributed by atoms with van der Waals surface area (Å²) < 4.78 is 5.50.